The minimum atomic E-state index is -4.11. The second-order valence-corrected chi connectivity index (χ2v) is 8.79. The lowest BCUT2D eigenvalue weighted by atomic mass is 10.2. The number of benzene rings is 2. The van der Waals surface area contributed by atoms with Crippen LogP contribution in [-0.4, -0.2) is 26.8 Å². The maximum absolute atomic E-state index is 13.3. The van der Waals surface area contributed by atoms with E-state index in [4.69, 9.17) is 0 Å². The molecular weight excluding hydrogens is 448 g/mol. The molecule has 3 aromatic rings. The van der Waals surface area contributed by atoms with Gasteiger partial charge in [-0.25, -0.2) is 17.2 Å². The molecule has 3 N–H and O–H groups in total. The van der Waals surface area contributed by atoms with Crippen molar-refractivity contribution in [3.63, 3.8) is 0 Å². The molecular formula is C20H17F2N3O4S2. The summed E-state index contributed by atoms with van der Waals surface area (Å²) < 4.78 is 53.1. The van der Waals surface area contributed by atoms with Gasteiger partial charge in [-0.05, 0) is 53.9 Å². The number of nitrogens with one attached hydrogen (secondary N) is 3. The molecule has 1 aromatic heterocycles. The number of carbonyl (C=O) groups is 2. The van der Waals surface area contributed by atoms with Gasteiger partial charge in [-0.1, -0.05) is 0 Å². The Balaban J connectivity index is 1.51. The molecule has 7 nitrogen and oxygen atoms in total. The van der Waals surface area contributed by atoms with Crippen LogP contribution in [0.1, 0.15) is 16.8 Å². The molecule has 2 aromatic carbocycles. The highest BCUT2D eigenvalue weighted by atomic mass is 32.2. The summed E-state index contributed by atoms with van der Waals surface area (Å²) in [6, 6.07) is 9.72. The number of halogens is 2. The predicted octanol–water partition coefficient (Wildman–Crippen LogP) is 3.59. The number of rotatable bonds is 8. The molecule has 0 atom stereocenters. The van der Waals surface area contributed by atoms with E-state index >= 15 is 0 Å². The normalized spacial score (nSPS) is 11.0. The molecule has 0 aliphatic carbocycles. The van der Waals surface area contributed by atoms with Crippen molar-refractivity contribution in [3.05, 3.63) is 76.5 Å². The summed E-state index contributed by atoms with van der Waals surface area (Å²) in [6.45, 7) is 0.159. The highest BCUT2D eigenvalue weighted by molar-refractivity contribution is 7.92. The van der Waals surface area contributed by atoms with E-state index in [1.807, 2.05) is 0 Å². The molecule has 0 saturated carbocycles. The van der Waals surface area contributed by atoms with Crippen molar-refractivity contribution in [2.45, 2.75) is 11.3 Å². The zero-order valence-electron chi connectivity index (χ0n) is 15.9. The monoisotopic (exact) mass is 465 g/mol. The van der Waals surface area contributed by atoms with Crippen molar-refractivity contribution in [2.24, 2.45) is 0 Å². The molecule has 0 aliphatic rings. The first kappa shape index (κ1) is 22.4. The van der Waals surface area contributed by atoms with Crippen LogP contribution in [0.4, 0.5) is 20.2 Å². The molecule has 0 aliphatic heterocycles. The average molecular weight is 466 g/mol. The first-order chi connectivity index (χ1) is 14.7. The third-order valence-electron chi connectivity index (χ3n) is 4.04. The molecule has 2 amide bonds. The van der Waals surface area contributed by atoms with Crippen LogP contribution < -0.4 is 15.4 Å². The summed E-state index contributed by atoms with van der Waals surface area (Å²) >= 11 is 1.40. The molecule has 11 heteroatoms. The topological polar surface area (TPSA) is 104 Å². The number of carbonyl (C=O) groups excluding carboxylic acids is 2. The fraction of sp³-hybridized carbons (Fsp3) is 0.100. The fourth-order valence-corrected chi connectivity index (χ4v) is 4.19. The summed E-state index contributed by atoms with van der Waals surface area (Å²) in [5, 5.41) is 8.76. The van der Waals surface area contributed by atoms with Crippen molar-refractivity contribution >= 4 is 44.5 Å². The van der Waals surface area contributed by atoms with Crippen LogP contribution in [0.25, 0.3) is 0 Å². The summed E-state index contributed by atoms with van der Waals surface area (Å²) in [5.74, 6) is -3.01. The first-order valence-corrected chi connectivity index (χ1v) is 11.4. The molecule has 0 bridgehead atoms. The lowest BCUT2D eigenvalue weighted by molar-refractivity contribution is -0.116. The van der Waals surface area contributed by atoms with E-state index in [2.05, 4.69) is 15.4 Å². The fourth-order valence-electron chi connectivity index (χ4n) is 2.49. The van der Waals surface area contributed by atoms with Gasteiger partial charge in [0.2, 0.25) is 5.91 Å². The summed E-state index contributed by atoms with van der Waals surface area (Å²) in [4.78, 5) is 23.4. The highest BCUT2D eigenvalue weighted by Gasteiger charge is 2.17. The summed E-state index contributed by atoms with van der Waals surface area (Å²) in [5.41, 5.74) is 1.13. The smallest absolute Gasteiger partial charge is 0.261 e. The third kappa shape index (κ3) is 6.09. The van der Waals surface area contributed by atoms with E-state index in [1.165, 1.54) is 35.6 Å². The first-order valence-electron chi connectivity index (χ1n) is 8.93. The molecule has 0 saturated heterocycles. The van der Waals surface area contributed by atoms with Gasteiger partial charge >= 0.3 is 0 Å². The molecule has 0 radical (unpaired) electrons. The Hall–Kier alpha value is -3.31. The minimum Gasteiger partial charge on any atom is -0.351 e. The van der Waals surface area contributed by atoms with E-state index < -0.39 is 26.6 Å². The largest absolute Gasteiger partial charge is 0.351 e. The van der Waals surface area contributed by atoms with E-state index in [0.717, 1.165) is 12.1 Å². The molecule has 162 valence electrons. The van der Waals surface area contributed by atoms with Crippen LogP contribution in [0.3, 0.4) is 0 Å². The number of sulfonamides is 1. The molecule has 3 rings (SSSR count). The second kappa shape index (κ2) is 9.67. The lowest BCUT2D eigenvalue weighted by Crippen LogP contribution is -2.27. The Bertz CT molecular complexity index is 1180. The molecule has 0 unspecified atom stereocenters. The van der Waals surface area contributed by atoms with E-state index in [1.54, 1.807) is 16.8 Å². The number of hydrogen-bond donors (Lipinski definition) is 3. The van der Waals surface area contributed by atoms with E-state index in [0.29, 0.717) is 17.3 Å². The standard InChI is InChI=1S/C20H17F2N3O4S2/c21-17-6-5-16(11-18(17)22)31(28,29)25-15-3-1-14(2-4-15)24-19(26)7-9-23-20(27)13-8-10-30-12-13/h1-6,8,10-12,25H,7,9H2,(H,23,27)(H,24,26). The van der Waals surface area contributed by atoms with Crippen LogP contribution >= 0.6 is 11.3 Å². The van der Waals surface area contributed by atoms with Crippen LogP contribution in [-0.2, 0) is 14.8 Å². The Morgan fingerprint density at radius 3 is 2.29 bits per heavy atom. The number of thiophene rings is 1. The zero-order valence-corrected chi connectivity index (χ0v) is 17.5. The number of hydrogen-bond acceptors (Lipinski definition) is 5. The van der Waals surface area contributed by atoms with Crippen LogP contribution in [0.15, 0.2) is 64.2 Å². The van der Waals surface area contributed by atoms with Crippen molar-refractivity contribution in [1.29, 1.82) is 0 Å². The molecule has 0 spiro atoms. The number of amides is 2. The van der Waals surface area contributed by atoms with Gasteiger partial charge in [0.25, 0.3) is 15.9 Å². The third-order valence-corrected chi connectivity index (χ3v) is 6.11. The maximum atomic E-state index is 13.3. The van der Waals surface area contributed by atoms with Gasteiger partial charge < -0.3 is 10.6 Å². The Morgan fingerprint density at radius 1 is 0.935 bits per heavy atom. The quantitative estimate of drug-likeness (QED) is 0.473. The van der Waals surface area contributed by atoms with Crippen LogP contribution in [0, 0.1) is 11.6 Å². The molecule has 0 fully saturated rings. The Labute approximate surface area is 181 Å². The van der Waals surface area contributed by atoms with Gasteiger partial charge in [0.05, 0.1) is 4.90 Å². The van der Waals surface area contributed by atoms with Crippen molar-refractivity contribution in [2.75, 3.05) is 16.6 Å². The van der Waals surface area contributed by atoms with Crippen molar-refractivity contribution in [3.8, 4) is 0 Å². The second-order valence-electron chi connectivity index (χ2n) is 6.32. The van der Waals surface area contributed by atoms with Crippen molar-refractivity contribution in [1.82, 2.24) is 5.32 Å². The SMILES string of the molecule is O=C(CCNC(=O)c1ccsc1)Nc1ccc(NS(=O)(=O)c2ccc(F)c(F)c2)cc1. The van der Waals surface area contributed by atoms with E-state index in [9.17, 15) is 26.8 Å². The van der Waals surface area contributed by atoms with Gasteiger partial charge in [0.1, 0.15) is 0 Å². The van der Waals surface area contributed by atoms with Crippen LogP contribution in [0.2, 0.25) is 0 Å². The predicted molar refractivity (Wildman–Crippen MR) is 114 cm³/mol. The van der Waals surface area contributed by atoms with Crippen molar-refractivity contribution < 1.29 is 26.8 Å². The van der Waals surface area contributed by atoms with Gasteiger partial charge in [0, 0.05) is 35.3 Å². The van der Waals surface area contributed by atoms with Gasteiger partial charge in [-0.3, -0.25) is 14.3 Å². The lowest BCUT2D eigenvalue weighted by Gasteiger charge is -2.10. The van der Waals surface area contributed by atoms with E-state index in [-0.39, 0.29) is 30.5 Å². The minimum absolute atomic E-state index is 0.0559. The van der Waals surface area contributed by atoms with Crippen LogP contribution in [0.5, 0.6) is 0 Å². The van der Waals surface area contributed by atoms with Gasteiger partial charge in [-0.2, -0.15) is 11.3 Å². The van der Waals surface area contributed by atoms with Gasteiger partial charge in [0.15, 0.2) is 11.6 Å². The summed E-state index contributed by atoms with van der Waals surface area (Å²) in [6.07, 6.45) is 0.0559. The Kier molecular flexibility index (Phi) is 6.98. The Morgan fingerprint density at radius 2 is 1.65 bits per heavy atom. The number of anilines is 2. The highest BCUT2D eigenvalue weighted by Crippen LogP contribution is 2.20. The molecule has 1 heterocycles. The average Bonchev–Trinajstić information content (AvgIpc) is 3.26. The van der Waals surface area contributed by atoms with Gasteiger partial charge in [-0.15, -0.1) is 0 Å². The molecule has 31 heavy (non-hydrogen) atoms. The zero-order chi connectivity index (χ0) is 22.4. The summed E-state index contributed by atoms with van der Waals surface area (Å²) in [7, 11) is -4.11. The maximum Gasteiger partial charge on any atom is 0.261 e.